The lowest BCUT2D eigenvalue weighted by molar-refractivity contribution is -0.124. The highest BCUT2D eigenvalue weighted by atomic mass is 35.5. The first-order valence-corrected chi connectivity index (χ1v) is 8.43. The number of benzene rings is 2. The Bertz CT molecular complexity index is 888. The van der Waals surface area contributed by atoms with Crippen LogP contribution < -0.4 is 5.32 Å². The zero-order valence-corrected chi connectivity index (χ0v) is 13.9. The van der Waals surface area contributed by atoms with Crippen molar-refractivity contribution >= 4 is 28.4 Å². The van der Waals surface area contributed by atoms with Gasteiger partial charge in [-0.25, -0.2) is 0 Å². The minimum atomic E-state index is 0.0837. The third-order valence-corrected chi connectivity index (χ3v) is 4.66. The van der Waals surface area contributed by atoms with Crippen molar-refractivity contribution in [3.63, 3.8) is 0 Å². The molecule has 2 N–H and O–H groups in total. The number of hydrogen-bond donors (Lipinski definition) is 2. The number of aromatic nitrogens is 1. The Morgan fingerprint density at radius 3 is 2.75 bits per heavy atom. The van der Waals surface area contributed by atoms with Gasteiger partial charge in [0.2, 0.25) is 5.91 Å². The second-order valence-corrected chi connectivity index (χ2v) is 6.53. The summed E-state index contributed by atoms with van der Waals surface area (Å²) in [6, 6.07) is 16.2. The van der Waals surface area contributed by atoms with Crippen LogP contribution in [0.5, 0.6) is 0 Å². The molecule has 24 heavy (non-hydrogen) atoms. The van der Waals surface area contributed by atoms with Crippen LogP contribution in [0.1, 0.15) is 5.56 Å². The van der Waals surface area contributed by atoms with Gasteiger partial charge >= 0.3 is 0 Å². The van der Waals surface area contributed by atoms with Crippen LogP contribution in [0, 0.1) is 0 Å². The van der Waals surface area contributed by atoms with E-state index >= 15 is 0 Å². The summed E-state index contributed by atoms with van der Waals surface area (Å²) in [6.45, 7) is 2.70. The first kappa shape index (κ1) is 15.2. The van der Waals surface area contributed by atoms with Gasteiger partial charge in [0.25, 0.3) is 0 Å². The number of rotatable bonds is 3. The van der Waals surface area contributed by atoms with E-state index in [4.69, 9.17) is 11.6 Å². The molecule has 1 aromatic heterocycles. The van der Waals surface area contributed by atoms with Crippen LogP contribution in [0.25, 0.3) is 22.2 Å². The Balaban J connectivity index is 1.81. The van der Waals surface area contributed by atoms with Crippen molar-refractivity contribution < 1.29 is 4.79 Å². The van der Waals surface area contributed by atoms with Gasteiger partial charge in [0, 0.05) is 35.6 Å². The number of amides is 1. The lowest BCUT2D eigenvalue weighted by Crippen LogP contribution is -2.47. The number of nitrogens with zero attached hydrogens (tertiary/aromatic N) is 1. The largest absolute Gasteiger partial charge is 0.354 e. The topological polar surface area (TPSA) is 48.1 Å². The van der Waals surface area contributed by atoms with Crippen LogP contribution in [0.2, 0.25) is 5.02 Å². The zero-order chi connectivity index (χ0) is 16.5. The Kier molecular flexibility index (Phi) is 4.00. The highest BCUT2D eigenvalue weighted by Gasteiger charge is 2.20. The Morgan fingerprint density at radius 2 is 1.96 bits per heavy atom. The number of fused-ring (bicyclic) bond motifs is 1. The summed E-state index contributed by atoms with van der Waals surface area (Å²) in [5, 5.41) is 4.71. The van der Waals surface area contributed by atoms with Crippen molar-refractivity contribution in [1.29, 1.82) is 0 Å². The molecule has 1 fully saturated rings. The van der Waals surface area contributed by atoms with Gasteiger partial charge in [-0.05, 0) is 29.3 Å². The zero-order valence-electron chi connectivity index (χ0n) is 13.2. The highest BCUT2D eigenvalue weighted by molar-refractivity contribution is 6.31. The summed E-state index contributed by atoms with van der Waals surface area (Å²) in [4.78, 5) is 17.4. The van der Waals surface area contributed by atoms with E-state index in [1.165, 1.54) is 5.56 Å². The van der Waals surface area contributed by atoms with E-state index in [0.29, 0.717) is 13.1 Å². The average molecular weight is 340 g/mol. The number of nitrogens with one attached hydrogen (secondary N) is 2. The average Bonchev–Trinajstić information content (AvgIpc) is 2.94. The standard InChI is InChI=1S/C19H18ClN3O/c20-14-6-7-17-15(10-14)16(11-23-9-8-21-18(24)12-23)19(22-17)13-4-2-1-3-5-13/h1-7,10,22H,8-9,11-12H2,(H,21,24). The molecule has 0 radical (unpaired) electrons. The van der Waals surface area contributed by atoms with E-state index < -0.39 is 0 Å². The second-order valence-electron chi connectivity index (χ2n) is 6.10. The SMILES string of the molecule is O=C1CN(Cc2c(-c3ccccc3)[nH]c3ccc(Cl)cc23)CCN1. The van der Waals surface area contributed by atoms with Crippen LogP contribution in [0.4, 0.5) is 0 Å². The van der Waals surface area contributed by atoms with Crippen LogP contribution >= 0.6 is 11.6 Å². The lowest BCUT2D eigenvalue weighted by Gasteiger charge is -2.26. The summed E-state index contributed by atoms with van der Waals surface area (Å²) < 4.78 is 0. The van der Waals surface area contributed by atoms with Gasteiger partial charge < -0.3 is 10.3 Å². The van der Waals surface area contributed by atoms with Crippen LogP contribution in [-0.2, 0) is 11.3 Å². The number of carbonyl (C=O) groups excluding carboxylic acids is 1. The number of H-pyrrole nitrogens is 1. The van der Waals surface area contributed by atoms with Crippen molar-refractivity contribution in [3.05, 3.63) is 59.1 Å². The molecule has 122 valence electrons. The molecule has 3 aromatic rings. The number of aromatic amines is 1. The molecule has 0 atom stereocenters. The number of piperazine rings is 1. The van der Waals surface area contributed by atoms with Crippen LogP contribution in [0.15, 0.2) is 48.5 Å². The molecule has 0 aliphatic carbocycles. The molecule has 4 nitrogen and oxygen atoms in total. The highest BCUT2D eigenvalue weighted by Crippen LogP contribution is 2.33. The van der Waals surface area contributed by atoms with E-state index in [1.54, 1.807) is 0 Å². The van der Waals surface area contributed by atoms with E-state index in [-0.39, 0.29) is 5.91 Å². The molecule has 1 aliphatic heterocycles. The maximum atomic E-state index is 11.7. The molecule has 1 saturated heterocycles. The van der Waals surface area contributed by atoms with Gasteiger partial charge in [-0.2, -0.15) is 0 Å². The van der Waals surface area contributed by atoms with E-state index in [2.05, 4.69) is 27.3 Å². The van der Waals surface area contributed by atoms with Gasteiger partial charge in [-0.3, -0.25) is 9.69 Å². The summed E-state index contributed by atoms with van der Waals surface area (Å²) in [6.07, 6.45) is 0. The summed E-state index contributed by atoms with van der Waals surface area (Å²) >= 11 is 6.22. The first-order valence-electron chi connectivity index (χ1n) is 8.05. The smallest absolute Gasteiger partial charge is 0.234 e. The molecule has 5 heteroatoms. The van der Waals surface area contributed by atoms with Gasteiger partial charge in [0.05, 0.1) is 12.2 Å². The van der Waals surface area contributed by atoms with E-state index in [9.17, 15) is 4.79 Å². The number of carbonyl (C=O) groups is 1. The van der Waals surface area contributed by atoms with Gasteiger partial charge in [0.1, 0.15) is 0 Å². The normalized spacial score (nSPS) is 15.6. The molecule has 2 heterocycles. The van der Waals surface area contributed by atoms with Gasteiger partial charge in [-0.15, -0.1) is 0 Å². The van der Waals surface area contributed by atoms with Gasteiger partial charge in [0.15, 0.2) is 0 Å². The monoisotopic (exact) mass is 339 g/mol. The summed E-state index contributed by atoms with van der Waals surface area (Å²) in [7, 11) is 0. The molecule has 0 saturated carbocycles. The fourth-order valence-corrected chi connectivity index (χ4v) is 3.46. The summed E-state index contributed by atoms with van der Waals surface area (Å²) in [5.41, 5.74) is 4.49. The minimum Gasteiger partial charge on any atom is -0.354 e. The van der Waals surface area contributed by atoms with Crippen molar-refractivity contribution in [2.75, 3.05) is 19.6 Å². The Morgan fingerprint density at radius 1 is 1.12 bits per heavy atom. The minimum absolute atomic E-state index is 0.0837. The second kappa shape index (κ2) is 6.30. The molecular formula is C19H18ClN3O. The molecule has 4 rings (SSSR count). The molecule has 0 spiro atoms. The molecule has 0 bridgehead atoms. The fourth-order valence-electron chi connectivity index (χ4n) is 3.29. The lowest BCUT2D eigenvalue weighted by atomic mass is 10.0. The molecule has 1 aliphatic rings. The maximum Gasteiger partial charge on any atom is 0.234 e. The van der Waals surface area contributed by atoms with E-state index in [1.807, 2.05) is 36.4 Å². The van der Waals surface area contributed by atoms with E-state index in [0.717, 1.165) is 40.3 Å². The van der Waals surface area contributed by atoms with Crippen LogP contribution in [0.3, 0.4) is 0 Å². The van der Waals surface area contributed by atoms with Crippen molar-refractivity contribution in [2.24, 2.45) is 0 Å². The van der Waals surface area contributed by atoms with Crippen molar-refractivity contribution in [3.8, 4) is 11.3 Å². The maximum absolute atomic E-state index is 11.7. The predicted octanol–water partition coefficient (Wildman–Crippen LogP) is 3.42. The predicted molar refractivity (Wildman–Crippen MR) is 97.0 cm³/mol. The van der Waals surface area contributed by atoms with Gasteiger partial charge in [-0.1, -0.05) is 41.9 Å². The quantitative estimate of drug-likeness (QED) is 0.768. The molecule has 2 aromatic carbocycles. The molecular weight excluding hydrogens is 322 g/mol. The third kappa shape index (κ3) is 2.90. The van der Waals surface area contributed by atoms with Crippen molar-refractivity contribution in [1.82, 2.24) is 15.2 Å². The Hall–Kier alpha value is -2.30. The van der Waals surface area contributed by atoms with Crippen molar-refractivity contribution in [2.45, 2.75) is 6.54 Å². The van der Waals surface area contributed by atoms with Crippen LogP contribution in [-0.4, -0.2) is 35.4 Å². The third-order valence-electron chi connectivity index (χ3n) is 4.43. The number of halogens is 1. The first-order chi connectivity index (χ1) is 11.7. The Labute approximate surface area is 145 Å². The number of hydrogen-bond acceptors (Lipinski definition) is 2. The molecule has 0 unspecified atom stereocenters. The molecule has 1 amide bonds. The summed E-state index contributed by atoms with van der Waals surface area (Å²) in [5.74, 6) is 0.0837. The fraction of sp³-hybridized carbons (Fsp3) is 0.211.